The predicted octanol–water partition coefficient (Wildman–Crippen LogP) is 2.62. The summed E-state index contributed by atoms with van der Waals surface area (Å²) >= 11 is 1.35. The van der Waals surface area contributed by atoms with Crippen molar-refractivity contribution in [1.29, 1.82) is 0 Å². The van der Waals surface area contributed by atoms with Gasteiger partial charge in [-0.25, -0.2) is 21.6 Å². The van der Waals surface area contributed by atoms with Gasteiger partial charge >= 0.3 is 0 Å². The van der Waals surface area contributed by atoms with Gasteiger partial charge in [-0.05, 0) is 31.2 Å². The molecule has 1 fully saturated rings. The number of amides is 1. The van der Waals surface area contributed by atoms with Crippen LogP contribution in [0.25, 0.3) is 0 Å². The maximum atomic E-state index is 13.9. The van der Waals surface area contributed by atoms with Crippen LogP contribution in [0.1, 0.15) is 14.5 Å². The van der Waals surface area contributed by atoms with E-state index in [1.54, 1.807) is 6.07 Å². The SMILES string of the molecule is Cc1ccc(C(=O)N2CCN(S(=O)(=O)c3ccc(F)c(F)c3F)CC2)s1. The van der Waals surface area contributed by atoms with Crippen molar-refractivity contribution in [2.45, 2.75) is 11.8 Å². The molecule has 1 aliphatic rings. The Bertz CT molecular complexity index is 952. The number of aryl methyl sites for hydroxylation is 1. The Kier molecular flexibility index (Phi) is 5.09. The van der Waals surface area contributed by atoms with Gasteiger partial charge < -0.3 is 4.90 Å². The largest absolute Gasteiger partial charge is 0.335 e. The van der Waals surface area contributed by atoms with Crippen molar-refractivity contribution in [1.82, 2.24) is 9.21 Å². The summed E-state index contributed by atoms with van der Waals surface area (Å²) in [4.78, 5) is 14.5. The van der Waals surface area contributed by atoms with E-state index in [0.29, 0.717) is 17.0 Å². The third-order valence-corrected chi connectivity index (χ3v) is 7.00. The van der Waals surface area contributed by atoms with Crippen molar-refractivity contribution in [2.24, 2.45) is 0 Å². The summed E-state index contributed by atoms with van der Waals surface area (Å²) in [7, 11) is -4.33. The lowest BCUT2D eigenvalue weighted by Crippen LogP contribution is -2.50. The van der Waals surface area contributed by atoms with Gasteiger partial charge in [0.1, 0.15) is 4.90 Å². The third-order valence-electron chi connectivity index (χ3n) is 4.09. The van der Waals surface area contributed by atoms with E-state index >= 15 is 0 Å². The minimum Gasteiger partial charge on any atom is -0.335 e. The molecule has 1 saturated heterocycles. The third kappa shape index (κ3) is 3.36. The Balaban J connectivity index is 1.75. The highest BCUT2D eigenvalue weighted by molar-refractivity contribution is 7.89. The normalized spacial score (nSPS) is 16.1. The molecule has 3 rings (SSSR count). The number of carbonyl (C=O) groups is 1. The van der Waals surface area contributed by atoms with Crippen molar-refractivity contribution < 1.29 is 26.4 Å². The molecule has 10 heteroatoms. The second-order valence-electron chi connectivity index (χ2n) is 5.78. The molecule has 0 unspecified atom stereocenters. The summed E-state index contributed by atoms with van der Waals surface area (Å²) in [6.45, 7) is 2.01. The van der Waals surface area contributed by atoms with E-state index in [1.807, 2.05) is 13.0 Å². The van der Waals surface area contributed by atoms with E-state index < -0.39 is 32.4 Å². The van der Waals surface area contributed by atoms with Crippen LogP contribution < -0.4 is 0 Å². The first-order chi connectivity index (χ1) is 12.2. The van der Waals surface area contributed by atoms with Crippen LogP contribution in [-0.4, -0.2) is 49.7 Å². The lowest BCUT2D eigenvalue weighted by Gasteiger charge is -2.33. The molecule has 0 saturated carbocycles. The van der Waals surface area contributed by atoms with Gasteiger partial charge in [-0.15, -0.1) is 11.3 Å². The van der Waals surface area contributed by atoms with Gasteiger partial charge in [-0.3, -0.25) is 4.79 Å². The molecule has 5 nitrogen and oxygen atoms in total. The lowest BCUT2D eigenvalue weighted by molar-refractivity contribution is 0.0702. The van der Waals surface area contributed by atoms with E-state index in [-0.39, 0.29) is 32.1 Å². The fraction of sp³-hybridized carbons (Fsp3) is 0.312. The van der Waals surface area contributed by atoms with Crippen LogP contribution in [-0.2, 0) is 10.0 Å². The minimum absolute atomic E-state index is 0.0587. The summed E-state index contributed by atoms with van der Waals surface area (Å²) in [5, 5.41) is 0. The van der Waals surface area contributed by atoms with Crippen molar-refractivity contribution in [2.75, 3.05) is 26.2 Å². The lowest BCUT2D eigenvalue weighted by atomic mass is 10.3. The maximum absolute atomic E-state index is 13.9. The zero-order valence-corrected chi connectivity index (χ0v) is 15.3. The van der Waals surface area contributed by atoms with Gasteiger partial charge in [0.15, 0.2) is 17.5 Å². The van der Waals surface area contributed by atoms with Gasteiger partial charge in [0.2, 0.25) is 10.0 Å². The number of hydrogen-bond acceptors (Lipinski definition) is 4. The predicted molar refractivity (Wildman–Crippen MR) is 90.0 cm³/mol. The van der Waals surface area contributed by atoms with Gasteiger partial charge in [0, 0.05) is 31.1 Å². The Labute approximate surface area is 152 Å². The van der Waals surface area contributed by atoms with Crippen LogP contribution in [0.3, 0.4) is 0 Å². The average Bonchev–Trinajstić information content (AvgIpc) is 3.05. The van der Waals surface area contributed by atoms with Crippen LogP contribution in [0.2, 0.25) is 0 Å². The molecule has 2 heterocycles. The number of piperazine rings is 1. The van der Waals surface area contributed by atoms with Crippen LogP contribution in [0.15, 0.2) is 29.2 Å². The first-order valence-electron chi connectivity index (χ1n) is 7.71. The van der Waals surface area contributed by atoms with Crippen LogP contribution in [0, 0.1) is 24.4 Å². The van der Waals surface area contributed by atoms with Crippen LogP contribution in [0.5, 0.6) is 0 Å². The highest BCUT2D eigenvalue weighted by Gasteiger charge is 2.33. The number of thiophene rings is 1. The van der Waals surface area contributed by atoms with E-state index in [9.17, 15) is 26.4 Å². The highest BCUT2D eigenvalue weighted by Crippen LogP contribution is 2.25. The molecule has 0 N–H and O–H groups in total. The molecule has 0 spiro atoms. The van der Waals surface area contributed by atoms with Crippen molar-refractivity contribution in [3.63, 3.8) is 0 Å². The summed E-state index contributed by atoms with van der Waals surface area (Å²) < 4.78 is 66.2. The quantitative estimate of drug-likeness (QED) is 0.739. The van der Waals surface area contributed by atoms with Crippen molar-refractivity contribution >= 4 is 27.3 Å². The zero-order valence-electron chi connectivity index (χ0n) is 13.7. The number of benzene rings is 1. The highest BCUT2D eigenvalue weighted by atomic mass is 32.2. The van der Waals surface area contributed by atoms with E-state index in [4.69, 9.17) is 0 Å². The summed E-state index contributed by atoms with van der Waals surface area (Å²) in [6.07, 6.45) is 0. The number of hydrogen-bond donors (Lipinski definition) is 0. The van der Waals surface area contributed by atoms with Crippen molar-refractivity contribution in [3.05, 3.63) is 51.5 Å². The Morgan fingerprint density at radius 3 is 2.23 bits per heavy atom. The Morgan fingerprint density at radius 1 is 1.00 bits per heavy atom. The molecule has 1 aliphatic heterocycles. The molecule has 0 atom stereocenters. The Hall–Kier alpha value is -1.91. The smallest absolute Gasteiger partial charge is 0.264 e. The second-order valence-corrected chi connectivity index (χ2v) is 8.97. The molecular formula is C16H15F3N2O3S2. The fourth-order valence-electron chi connectivity index (χ4n) is 2.68. The topological polar surface area (TPSA) is 57.7 Å². The van der Waals surface area contributed by atoms with Crippen LogP contribution >= 0.6 is 11.3 Å². The molecule has 0 bridgehead atoms. The molecule has 0 aliphatic carbocycles. The number of halogens is 3. The molecule has 0 radical (unpaired) electrons. The van der Waals surface area contributed by atoms with Gasteiger partial charge in [0.25, 0.3) is 5.91 Å². The van der Waals surface area contributed by atoms with Gasteiger partial charge in [-0.2, -0.15) is 4.31 Å². The maximum Gasteiger partial charge on any atom is 0.264 e. The van der Waals surface area contributed by atoms with Crippen molar-refractivity contribution in [3.8, 4) is 0 Å². The number of sulfonamides is 1. The minimum atomic E-state index is -4.33. The Morgan fingerprint density at radius 2 is 1.65 bits per heavy atom. The first kappa shape index (κ1) is 18.9. The fourth-order valence-corrected chi connectivity index (χ4v) is 5.00. The molecule has 2 aromatic rings. The average molecular weight is 404 g/mol. The van der Waals surface area contributed by atoms with E-state index in [2.05, 4.69) is 0 Å². The summed E-state index contributed by atoms with van der Waals surface area (Å²) in [6, 6.07) is 4.81. The van der Waals surface area contributed by atoms with E-state index in [1.165, 1.54) is 16.2 Å². The molecular weight excluding hydrogens is 389 g/mol. The van der Waals surface area contributed by atoms with E-state index in [0.717, 1.165) is 9.18 Å². The number of carbonyl (C=O) groups excluding carboxylic acids is 1. The molecule has 1 aromatic carbocycles. The second kappa shape index (κ2) is 7.01. The summed E-state index contributed by atoms with van der Waals surface area (Å²) in [5.41, 5.74) is 0. The zero-order chi connectivity index (χ0) is 19.1. The monoisotopic (exact) mass is 404 g/mol. The molecule has 26 heavy (non-hydrogen) atoms. The molecule has 1 amide bonds. The van der Waals surface area contributed by atoms with Gasteiger partial charge in [0.05, 0.1) is 4.88 Å². The van der Waals surface area contributed by atoms with Gasteiger partial charge in [-0.1, -0.05) is 0 Å². The summed E-state index contributed by atoms with van der Waals surface area (Å²) in [5.74, 6) is -5.22. The number of rotatable bonds is 3. The van der Waals surface area contributed by atoms with Crippen LogP contribution in [0.4, 0.5) is 13.2 Å². The molecule has 1 aromatic heterocycles. The first-order valence-corrected chi connectivity index (χ1v) is 9.97. The standard InChI is InChI=1S/C16H15F3N2O3S2/c1-10-2-4-12(25-10)16(22)20-6-8-21(9-7-20)26(23,24)13-5-3-11(17)14(18)15(13)19/h2-5H,6-9H2,1H3. The number of nitrogens with zero attached hydrogens (tertiary/aromatic N) is 2. The molecule has 140 valence electrons.